The highest BCUT2D eigenvalue weighted by atomic mass is 16.5. The number of carbonyl (C=O) groups is 1. The van der Waals surface area contributed by atoms with E-state index in [0.717, 1.165) is 11.3 Å². The second kappa shape index (κ2) is 9.34. The predicted molar refractivity (Wildman–Crippen MR) is 114 cm³/mol. The van der Waals surface area contributed by atoms with Gasteiger partial charge in [-0.15, -0.1) is 0 Å². The molecule has 0 amide bonds. The molecule has 31 heavy (non-hydrogen) atoms. The molecule has 0 bridgehead atoms. The Bertz CT molecular complexity index is 1150. The summed E-state index contributed by atoms with van der Waals surface area (Å²) in [5.74, 6) is 1.00. The van der Waals surface area contributed by atoms with Gasteiger partial charge in [0.25, 0.3) is 0 Å². The Morgan fingerprint density at radius 3 is 2.29 bits per heavy atom. The summed E-state index contributed by atoms with van der Waals surface area (Å²) in [7, 11) is 4.36. The molecule has 0 aliphatic carbocycles. The number of hydrogen-bond donors (Lipinski definition) is 0. The van der Waals surface area contributed by atoms with Crippen LogP contribution in [-0.2, 0) is 11.3 Å². The SMILES string of the molecule is COC(=O)c1cc(C)c(Oc2cc(C)nn(Cc3ccc(OC)cc3)c2=O)c(OC)c1. The Morgan fingerprint density at radius 2 is 1.68 bits per heavy atom. The summed E-state index contributed by atoms with van der Waals surface area (Å²) in [5.41, 5.74) is 2.07. The summed E-state index contributed by atoms with van der Waals surface area (Å²) in [5, 5.41) is 4.33. The van der Waals surface area contributed by atoms with Crippen LogP contribution in [0.25, 0.3) is 0 Å². The molecule has 0 aliphatic rings. The molecule has 0 saturated carbocycles. The smallest absolute Gasteiger partial charge is 0.337 e. The van der Waals surface area contributed by atoms with E-state index in [4.69, 9.17) is 18.9 Å². The molecule has 0 aliphatic heterocycles. The first kappa shape index (κ1) is 21.9. The number of ether oxygens (including phenoxy) is 4. The van der Waals surface area contributed by atoms with Gasteiger partial charge in [0.05, 0.1) is 39.1 Å². The number of benzene rings is 2. The largest absolute Gasteiger partial charge is 0.497 e. The van der Waals surface area contributed by atoms with E-state index < -0.39 is 5.97 Å². The maximum Gasteiger partial charge on any atom is 0.337 e. The van der Waals surface area contributed by atoms with Gasteiger partial charge in [-0.05, 0) is 49.2 Å². The van der Waals surface area contributed by atoms with Crippen molar-refractivity contribution in [3.63, 3.8) is 0 Å². The number of hydrogen-bond acceptors (Lipinski definition) is 7. The van der Waals surface area contributed by atoms with E-state index in [1.54, 1.807) is 33.1 Å². The maximum absolute atomic E-state index is 13.0. The fourth-order valence-electron chi connectivity index (χ4n) is 3.10. The predicted octanol–water partition coefficient (Wildman–Crippen LogP) is 3.50. The molecular formula is C23H24N2O6. The average molecular weight is 424 g/mol. The van der Waals surface area contributed by atoms with Gasteiger partial charge in [-0.25, -0.2) is 9.48 Å². The van der Waals surface area contributed by atoms with Crippen LogP contribution in [-0.4, -0.2) is 37.1 Å². The van der Waals surface area contributed by atoms with Crippen molar-refractivity contribution in [3.8, 4) is 23.0 Å². The summed E-state index contributed by atoms with van der Waals surface area (Å²) < 4.78 is 22.6. The molecular weight excluding hydrogens is 400 g/mol. The van der Waals surface area contributed by atoms with Gasteiger partial charge in [-0.1, -0.05) is 12.1 Å². The third-order valence-electron chi connectivity index (χ3n) is 4.65. The molecule has 0 radical (unpaired) electrons. The van der Waals surface area contributed by atoms with Crippen molar-refractivity contribution >= 4 is 5.97 Å². The zero-order valence-electron chi connectivity index (χ0n) is 18.1. The number of aryl methyl sites for hydroxylation is 2. The Kier molecular flexibility index (Phi) is 6.59. The van der Waals surface area contributed by atoms with Crippen LogP contribution in [0.3, 0.4) is 0 Å². The minimum absolute atomic E-state index is 0.105. The first-order valence-electron chi connectivity index (χ1n) is 9.52. The van der Waals surface area contributed by atoms with Gasteiger partial charge >= 0.3 is 11.5 Å². The summed E-state index contributed by atoms with van der Waals surface area (Å²) in [6.45, 7) is 3.81. The second-order valence-corrected chi connectivity index (χ2v) is 6.88. The highest BCUT2D eigenvalue weighted by Crippen LogP contribution is 2.35. The molecule has 0 fully saturated rings. The number of methoxy groups -OCH3 is 3. The summed E-state index contributed by atoms with van der Waals surface area (Å²) >= 11 is 0. The average Bonchev–Trinajstić information content (AvgIpc) is 2.77. The summed E-state index contributed by atoms with van der Waals surface area (Å²) in [6, 6.07) is 12.1. The first-order chi connectivity index (χ1) is 14.9. The van der Waals surface area contributed by atoms with Crippen molar-refractivity contribution < 1.29 is 23.7 Å². The minimum Gasteiger partial charge on any atom is -0.497 e. The van der Waals surface area contributed by atoms with Gasteiger partial charge in [0.1, 0.15) is 5.75 Å². The highest BCUT2D eigenvalue weighted by molar-refractivity contribution is 5.90. The van der Waals surface area contributed by atoms with Gasteiger partial charge in [-0.2, -0.15) is 5.10 Å². The van der Waals surface area contributed by atoms with Gasteiger partial charge in [-0.3, -0.25) is 4.79 Å². The topological polar surface area (TPSA) is 88.9 Å². The van der Waals surface area contributed by atoms with E-state index in [-0.39, 0.29) is 17.9 Å². The number of rotatable bonds is 7. The van der Waals surface area contributed by atoms with E-state index >= 15 is 0 Å². The standard InChI is InChI=1S/C23H24N2O6/c1-14-10-17(23(27)30-5)12-19(29-4)21(14)31-20-11-15(2)24-25(22(20)26)13-16-6-8-18(28-3)9-7-16/h6-12H,13H2,1-5H3. The van der Waals surface area contributed by atoms with Crippen molar-refractivity contribution in [1.29, 1.82) is 0 Å². The molecule has 1 heterocycles. The van der Waals surface area contributed by atoms with Crippen molar-refractivity contribution in [1.82, 2.24) is 9.78 Å². The molecule has 3 aromatic rings. The Balaban J connectivity index is 1.97. The molecule has 1 aromatic heterocycles. The Hall–Kier alpha value is -3.81. The lowest BCUT2D eigenvalue weighted by Crippen LogP contribution is -2.25. The fourth-order valence-corrected chi connectivity index (χ4v) is 3.10. The Morgan fingerprint density at radius 1 is 0.968 bits per heavy atom. The van der Waals surface area contributed by atoms with E-state index in [2.05, 4.69) is 5.10 Å². The number of aromatic nitrogens is 2. The van der Waals surface area contributed by atoms with Gasteiger partial charge in [0.2, 0.25) is 0 Å². The lowest BCUT2D eigenvalue weighted by Gasteiger charge is -2.15. The molecule has 0 atom stereocenters. The monoisotopic (exact) mass is 424 g/mol. The van der Waals surface area contributed by atoms with Crippen molar-refractivity contribution in [3.05, 3.63) is 75.2 Å². The number of carbonyl (C=O) groups excluding carboxylic acids is 1. The van der Waals surface area contributed by atoms with E-state index in [9.17, 15) is 9.59 Å². The van der Waals surface area contributed by atoms with Crippen LogP contribution in [0.2, 0.25) is 0 Å². The summed E-state index contributed by atoms with van der Waals surface area (Å²) in [6.07, 6.45) is 0. The van der Waals surface area contributed by atoms with Crippen molar-refractivity contribution in [2.24, 2.45) is 0 Å². The van der Waals surface area contributed by atoms with E-state index in [1.807, 2.05) is 24.3 Å². The lowest BCUT2D eigenvalue weighted by atomic mass is 10.1. The van der Waals surface area contributed by atoms with Gasteiger partial charge in [0, 0.05) is 6.07 Å². The molecule has 162 valence electrons. The van der Waals surface area contributed by atoms with Crippen LogP contribution < -0.4 is 19.8 Å². The minimum atomic E-state index is -0.491. The van der Waals surface area contributed by atoms with Crippen LogP contribution in [0, 0.1) is 13.8 Å². The van der Waals surface area contributed by atoms with Gasteiger partial charge in [0.15, 0.2) is 17.2 Å². The van der Waals surface area contributed by atoms with Crippen LogP contribution in [0.5, 0.6) is 23.0 Å². The lowest BCUT2D eigenvalue weighted by molar-refractivity contribution is 0.0600. The highest BCUT2D eigenvalue weighted by Gasteiger charge is 2.18. The third kappa shape index (κ3) is 4.85. The molecule has 3 rings (SSSR count). The summed E-state index contributed by atoms with van der Waals surface area (Å²) in [4.78, 5) is 24.9. The Labute approximate surface area is 179 Å². The van der Waals surface area contributed by atoms with Crippen LogP contribution in [0.4, 0.5) is 0 Å². The molecule has 2 aromatic carbocycles. The zero-order chi connectivity index (χ0) is 22.5. The van der Waals surface area contributed by atoms with Crippen LogP contribution >= 0.6 is 0 Å². The molecule has 8 nitrogen and oxygen atoms in total. The van der Waals surface area contributed by atoms with E-state index in [0.29, 0.717) is 28.3 Å². The van der Waals surface area contributed by atoms with Crippen LogP contribution in [0.1, 0.15) is 27.2 Å². The van der Waals surface area contributed by atoms with Crippen molar-refractivity contribution in [2.45, 2.75) is 20.4 Å². The molecule has 0 unspecified atom stereocenters. The first-order valence-corrected chi connectivity index (χ1v) is 9.52. The van der Waals surface area contributed by atoms with Crippen molar-refractivity contribution in [2.75, 3.05) is 21.3 Å². The zero-order valence-corrected chi connectivity index (χ0v) is 18.1. The normalized spacial score (nSPS) is 10.5. The number of nitrogens with zero attached hydrogens (tertiary/aromatic N) is 2. The second-order valence-electron chi connectivity index (χ2n) is 6.88. The quantitative estimate of drug-likeness (QED) is 0.536. The molecule has 8 heteroatoms. The van der Waals surface area contributed by atoms with Gasteiger partial charge < -0.3 is 18.9 Å². The fraction of sp³-hybridized carbons (Fsp3) is 0.261. The van der Waals surface area contributed by atoms with Crippen LogP contribution in [0.15, 0.2) is 47.3 Å². The third-order valence-corrected chi connectivity index (χ3v) is 4.65. The van der Waals surface area contributed by atoms with E-state index in [1.165, 1.54) is 25.0 Å². The molecule has 0 spiro atoms. The molecule has 0 N–H and O–H groups in total. The number of esters is 1. The molecule has 0 saturated heterocycles. The maximum atomic E-state index is 13.0.